The molecule has 1 aliphatic rings. The molecule has 1 fully saturated rings. The molecule has 0 bridgehead atoms. The number of sulfonamides is 1. The maximum atomic E-state index is 13.0. The average Bonchev–Trinajstić information content (AvgIpc) is 3.25. The summed E-state index contributed by atoms with van der Waals surface area (Å²) in [5, 5.41) is 9.53. The summed E-state index contributed by atoms with van der Waals surface area (Å²) in [5.74, 6) is 1.03. The van der Waals surface area contributed by atoms with Gasteiger partial charge in [-0.3, -0.25) is 0 Å². The van der Waals surface area contributed by atoms with Crippen LogP contribution in [-0.2, 0) is 16.6 Å². The first-order valence-electron chi connectivity index (χ1n) is 10.6. The third-order valence-corrected chi connectivity index (χ3v) is 7.56. The van der Waals surface area contributed by atoms with Crippen LogP contribution in [0.15, 0.2) is 63.9 Å². The van der Waals surface area contributed by atoms with Crippen LogP contribution in [0.4, 0.5) is 5.88 Å². The summed E-state index contributed by atoms with van der Waals surface area (Å²) in [6, 6.07) is 18.5. The van der Waals surface area contributed by atoms with E-state index >= 15 is 0 Å². The van der Waals surface area contributed by atoms with Crippen molar-refractivity contribution in [2.75, 3.05) is 25.0 Å². The number of hydrogen-bond donors (Lipinski definition) is 0. The molecule has 4 rings (SSSR count). The van der Waals surface area contributed by atoms with E-state index in [1.54, 1.807) is 28.6 Å². The van der Waals surface area contributed by atoms with Gasteiger partial charge in [0.1, 0.15) is 6.07 Å². The van der Waals surface area contributed by atoms with Gasteiger partial charge >= 0.3 is 0 Å². The fourth-order valence-corrected chi connectivity index (χ4v) is 5.58. The largest absolute Gasteiger partial charge is 0.419 e. The van der Waals surface area contributed by atoms with Gasteiger partial charge in [-0.1, -0.05) is 37.3 Å². The van der Waals surface area contributed by atoms with Gasteiger partial charge in [0.05, 0.1) is 4.90 Å². The third kappa shape index (κ3) is 4.54. The first-order valence-corrected chi connectivity index (χ1v) is 12.1. The first-order chi connectivity index (χ1) is 15.4. The van der Waals surface area contributed by atoms with Crippen LogP contribution in [0.2, 0.25) is 0 Å². The maximum Gasteiger partial charge on any atom is 0.243 e. The number of piperidine rings is 1. The molecular formula is C24H26N4O3S. The molecule has 0 unspecified atom stereocenters. The Morgan fingerprint density at radius 3 is 2.56 bits per heavy atom. The average molecular weight is 451 g/mol. The Morgan fingerprint density at radius 1 is 1.19 bits per heavy atom. The maximum absolute atomic E-state index is 13.0. The summed E-state index contributed by atoms with van der Waals surface area (Å²) in [6.07, 6.45) is 1.93. The SMILES string of the molecule is C[C@H]1CCCN(S(=O)(=O)c2ccc(-c3nc(C#N)c(N(C)Cc4ccccc4)o3)cc2)C1. The van der Waals surface area contributed by atoms with Crippen molar-refractivity contribution < 1.29 is 12.8 Å². The van der Waals surface area contributed by atoms with Crippen molar-refractivity contribution in [1.29, 1.82) is 5.26 Å². The molecule has 0 saturated carbocycles. The molecule has 0 N–H and O–H groups in total. The lowest BCUT2D eigenvalue weighted by Gasteiger charge is -2.30. The Morgan fingerprint density at radius 2 is 1.91 bits per heavy atom. The number of oxazole rings is 1. The number of nitrogens with zero attached hydrogens (tertiary/aromatic N) is 4. The summed E-state index contributed by atoms with van der Waals surface area (Å²) >= 11 is 0. The van der Waals surface area contributed by atoms with Crippen molar-refractivity contribution in [2.45, 2.75) is 31.2 Å². The third-order valence-electron chi connectivity index (χ3n) is 5.68. The van der Waals surface area contributed by atoms with Crippen molar-refractivity contribution in [3.8, 4) is 17.5 Å². The van der Waals surface area contributed by atoms with E-state index in [9.17, 15) is 13.7 Å². The lowest BCUT2D eigenvalue weighted by atomic mass is 10.0. The standard InChI is InChI=1S/C24H26N4O3S/c1-18-7-6-14-28(16-18)32(29,30)21-12-10-20(11-13-21)23-26-22(15-25)24(31-23)27(2)17-19-8-4-3-5-9-19/h3-5,8-13,18H,6-7,14,16-17H2,1-2H3/t18-/m0/s1. The van der Waals surface area contributed by atoms with Crippen LogP contribution in [0.1, 0.15) is 31.0 Å². The normalized spacial score (nSPS) is 17.1. The van der Waals surface area contributed by atoms with Crippen LogP contribution in [0.3, 0.4) is 0 Å². The van der Waals surface area contributed by atoms with E-state index in [0.29, 0.717) is 37.0 Å². The quantitative estimate of drug-likeness (QED) is 0.557. The molecule has 1 atom stereocenters. The van der Waals surface area contributed by atoms with Crippen LogP contribution in [0.25, 0.3) is 11.5 Å². The second kappa shape index (κ2) is 9.15. The van der Waals surface area contributed by atoms with Gasteiger partial charge in [-0.15, -0.1) is 0 Å². The van der Waals surface area contributed by atoms with Gasteiger partial charge in [0.25, 0.3) is 0 Å². The molecule has 0 radical (unpaired) electrons. The molecule has 0 aliphatic carbocycles. The zero-order chi connectivity index (χ0) is 22.7. The van der Waals surface area contributed by atoms with Crippen LogP contribution < -0.4 is 4.90 Å². The van der Waals surface area contributed by atoms with Crippen LogP contribution in [0.5, 0.6) is 0 Å². The van der Waals surface area contributed by atoms with E-state index in [4.69, 9.17) is 4.42 Å². The highest BCUT2D eigenvalue weighted by molar-refractivity contribution is 7.89. The molecule has 3 aromatic rings. The van der Waals surface area contributed by atoms with Crippen molar-refractivity contribution in [1.82, 2.24) is 9.29 Å². The molecule has 1 aromatic heterocycles. The molecule has 0 spiro atoms. The monoisotopic (exact) mass is 450 g/mol. The Bertz CT molecular complexity index is 1210. The Labute approximate surface area is 189 Å². The highest BCUT2D eigenvalue weighted by atomic mass is 32.2. The van der Waals surface area contributed by atoms with Crippen LogP contribution >= 0.6 is 0 Å². The fourth-order valence-electron chi connectivity index (χ4n) is 3.98. The summed E-state index contributed by atoms with van der Waals surface area (Å²) in [7, 11) is -1.69. The minimum Gasteiger partial charge on any atom is -0.419 e. The number of hydrogen-bond acceptors (Lipinski definition) is 6. The van der Waals surface area contributed by atoms with Gasteiger partial charge in [0.15, 0.2) is 0 Å². The van der Waals surface area contributed by atoms with Gasteiger partial charge in [-0.2, -0.15) is 14.6 Å². The Hall–Kier alpha value is -3.15. The van der Waals surface area contributed by atoms with Crippen molar-refractivity contribution >= 4 is 15.9 Å². The molecule has 7 nitrogen and oxygen atoms in total. The van der Waals surface area contributed by atoms with Gasteiger partial charge in [-0.05, 0) is 48.6 Å². The predicted molar refractivity (Wildman–Crippen MR) is 122 cm³/mol. The minimum atomic E-state index is -3.53. The van der Waals surface area contributed by atoms with E-state index in [1.807, 2.05) is 42.3 Å². The van der Waals surface area contributed by atoms with Gasteiger partial charge in [0.2, 0.25) is 27.5 Å². The number of aromatic nitrogens is 1. The summed E-state index contributed by atoms with van der Waals surface area (Å²) in [4.78, 5) is 6.41. The van der Waals surface area contributed by atoms with E-state index in [2.05, 4.69) is 18.0 Å². The van der Waals surface area contributed by atoms with Crippen LogP contribution in [0, 0.1) is 17.2 Å². The van der Waals surface area contributed by atoms with Gasteiger partial charge < -0.3 is 9.32 Å². The van der Waals surface area contributed by atoms with Crippen molar-refractivity contribution in [3.05, 3.63) is 65.9 Å². The highest BCUT2D eigenvalue weighted by Gasteiger charge is 2.28. The molecule has 32 heavy (non-hydrogen) atoms. The topological polar surface area (TPSA) is 90.4 Å². The van der Waals surface area contributed by atoms with Gasteiger partial charge in [-0.25, -0.2) is 8.42 Å². The smallest absolute Gasteiger partial charge is 0.243 e. The molecule has 166 valence electrons. The zero-order valence-electron chi connectivity index (χ0n) is 18.2. The van der Waals surface area contributed by atoms with Crippen molar-refractivity contribution in [2.24, 2.45) is 5.92 Å². The Balaban J connectivity index is 1.56. The Kier molecular flexibility index (Phi) is 6.31. The predicted octanol–water partition coefficient (Wildman–Crippen LogP) is 4.27. The molecule has 1 saturated heterocycles. The fraction of sp³-hybridized carbons (Fsp3) is 0.333. The summed E-state index contributed by atoms with van der Waals surface area (Å²) in [6.45, 7) is 3.74. The molecule has 8 heteroatoms. The minimum absolute atomic E-state index is 0.192. The van der Waals surface area contributed by atoms with E-state index in [1.165, 1.54) is 0 Å². The van der Waals surface area contributed by atoms with E-state index in [0.717, 1.165) is 18.4 Å². The summed E-state index contributed by atoms with van der Waals surface area (Å²) < 4.78 is 33.4. The number of nitriles is 1. The number of anilines is 1. The van der Waals surface area contributed by atoms with Gasteiger partial charge in [0, 0.05) is 32.2 Å². The highest BCUT2D eigenvalue weighted by Crippen LogP contribution is 2.30. The lowest BCUT2D eigenvalue weighted by molar-refractivity contribution is 0.281. The zero-order valence-corrected chi connectivity index (χ0v) is 19.0. The van der Waals surface area contributed by atoms with E-state index in [-0.39, 0.29) is 16.5 Å². The molecule has 2 heterocycles. The first kappa shape index (κ1) is 22.1. The number of rotatable bonds is 6. The molecule has 2 aromatic carbocycles. The number of benzene rings is 2. The molecular weight excluding hydrogens is 424 g/mol. The van der Waals surface area contributed by atoms with Crippen molar-refractivity contribution in [3.63, 3.8) is 0 Å². The second-order valence-corrected chi connectivity index (χ2v) is 10.2. The summed E-state index contributed by atoms with van der Waals surface area (Å²) in [5.41, 5.74) is 1.89. The molecule has 0 amide bonds. The van der Waals surface area contributed by atoms with E-state index < -0.39 is 10.0 Å². The molecule has 1 aliphatic heterocycles. The lowest BCUT2D eigenvalue weighted by Crippen LogP contribution is -2.39. The van der Waals surface area contributed by atoms with Crippen LogP contribution in [-0.4, -0.2) is 37.8 Å². The second-order valence-electron chi connectivity index (χ2n) is 8.26.